The third-order valence-electron chi connectivity index (χ3n) is 4.53. The fourth-order valence-corrected chi connectivity index (χ4v) is 3.07. The summed E-state index contributed by atoms with van der Waals surface area (Å²) < 4.78 is 1.69. The molecule has 1 N–H and O–H groups in total. The Labute approximate surface area is 159 Å². The zero-order valence-electron chi connectivity index (χ0n) is 15.6. The minimum atomic E-state index is -0.190. The number of aromatic nitrogens is 2. The van der Waals surface area contributed by atoms with Crippen molar-refractivity contribution in [2.45, 2.75) is 25.7 Å². The van der Waals surface area contributed by atoms with Gasteiger partial charge in [-0.2, -0.15) is 0 Å². The maximum absolute atomic E-state index is 12.8. The zero-order chi connectivity index (χ0) is 19.2. The first-order valence-electron chi connectivity index (χ1n) is 9.08. The van der Waals surface area contributed by atoms with Gasteiger partial charge in [-0.25, -0.2) is 4.98 Å². The van der Waals surface area contributed by atoms with E-state index in [0.717, 1.165) is 18.4 Å². The van der Waals surface area contributed by atoms with Crippen LogP contribution < -0.4 is 5.32 Å². The standard InChI is InChI=1S/C22H23N3O2/c1-3-7-19(16-8-5-4-6-9-16)22(27)24-18-12-10-17(11-13-18)20(26)21-23-14-15-25(21)2/h4-6,8-15,19H,3,7H2,1-2H3,(H,24,27). The number of nitrogens with one attached hydrogen (secondary N) is 1. The van der Waals surface area contributed by atoms with Crippen LogP contribution in [0.3, 0.4) is 0 Å². The first-order valence-corrected chi connectivity index (χ1v) is 9.08. The van der Waals surface area contributed by atoms with Crippen LogP contribution in [-0.4, -0.2) is 21.2 Å². The van der Waals surface area contributed by atoms with Gasteiger partial charge in [0.15, 0.2) is 5.82 Å². The van der Waals surface area contributed by atoms with Gasteiger partial charge in [0, 0.05) is 30.7 Å². The van der Waals surface area contributed by atoms with Gasteiger partial charge in [0.25, 0.3) is 0 Å². The van der Waals surface area contributed by atoms with Gasteiger partial charge in [-0.1, -0.05) is 43.7 Å². The third-order valence-corrected chi connectivity index (χ3v) is 4.53. The number of anilines is 1. The first-order chi connectivity index (χ1) is 13.1. The van der Waals surface area contributed by atoms with Crippen molar-refractivity contribution >= 4 is 17.4 Å². The number of aryl methyl sites for hydroxylation is 1. The maximum atomic E-state index is 12.8. The molecule has 2 aromatic carbocycles. The monoisotopic (exact) mass is 361 g/mol. The van der Waals surface area contributed by atoms with Crippen LogP contribution in [0.5, 0.6) is 0 Å². The topological polar surface area (TPSA) is 64.0 Å². The molecular weight excluding hydrogens is 338 g/mol. The van der Waals surface area contributed by atoms with E-state index < -0.39 is 0 Å². The van der Waals surface area contributed by atoms with Crippen molar-refractivity contribution in [1.82, 2.24) is 9.55 Å². The van der Waals surface area contributed by atoms with Crippen molar-refractivity contribution < 1.29 is 9.59 Å². The number of hydrogen-bond donors (Lipinski definition) is 1. The summed E-state index contributed by atoms with van der Waals surface area (Å²) in [4.78, 5) is 29.3. The van der Waals surface area contributed by atoms with Crippen LogP contribution in [0.2, 0.25) is 0 Å². The molecule has 1 amide bonds. The van der Waals surface area contributed by atoms with Crippen molar-refractivity contribution in [1.29, 1.82) is 0 Å². The summed E-state index contributed by atoms with van der Waals surface area (Å²) in [6.07, 6.45) is 5.04. The largest absolute Gasteiger partial charge is 0.331 e. The van der Waals surface area contributed by atoms with Crippen LogP contribution in [0, 0.1) is 0 Å². The fourth-order valence-electron chi connectivity index (χ4n) is 3.07. The molecule has 0 saturated heterocycles. The molecule has 5 heteroatoms. The number of nitrogens with zero attached hydrogens (tertiary/aromatic N) is 2. The number of ketones is 1. The molecular formula is C22H23N3O2. The smallest absolute Gasteiger partial charge is 0.231 e. The molecule has 0 bridgehead atoms. The minimum Gasteiger partial charge on any atom is -0.331 e. The first kappa shape index (κ1) is 18.6. The van der Waals surface area contributed by atoms with Gasteiger partial charge >= 0.3 is 0 Å². The highest BCUT2D eigenvalue weighted by Crippen LogP contribution is 2.23. The normalized spacial score (nSPS) is 11.8. The Bertz CT molecular complexity index is 914. The predicted molar refractivity (Wildman–Crippen MR) is 106 cm³/mol. The van der Waals surface area contributed by atoms with Crippen LogP contribution in [0.1, 0.15) is 47.4 Å². The van der Waals surface area contributed by atoms with E-state index in [1.807, 2.05) is 30.3 Å². The van der Waals surface area contributed by atoms with Crippen molar-refractivity contribution in [3.63, 3.8) is 0 Å². The second-order valence-corrected chi connectivity index (χ2v) is 6.51. The fraction of sp³-hybridized carbons (Fsp3) is 0.227. The van der Waals surface area contributed by atoms with E-state index in [2.05, 4.69) is 17.2 Å². The van der Waals surface area contributed by atoms with Crippen molar-refractivity contribution in [2.75, 3.05) is 5.32 Å². The van der Waals surface area contributed by atoms with Crippen LogP contribution >= 0.6 is 0 Å². The summed E-state index contributed by atoms with van der Waals surface area (Å²) in [6.45, 7) is 2.07. The van der Waals surface area contributed by atoms with Gasteiger partial charge in [0.1, 0.15) is 0 Å². The molecule has 1 atom stereocenters. The molecule has 0 aliphatic carbocycles. The Kier molecular flexibility index (Phi) is 5.81. The summed E-state index contributed by atoms with van der Waals surface area (Å²) in [5, 5.41) is 2.97. The molecule has 5 nitrogen and oxygen atoms in total. The number of carbonyl (C=O) groups is 2. The number of benzene rings is 2. The van der Waals surface area contributed by atoms with E-state index in [0.29, 0.717) is 17.1 Å². The molecule has 1 aromatic heterocycles. The van der Waals surface area contributed by atoms with Gasteiger partial charge in [0.05, 0.1) is 5.92 Å². The van der Waals surface area contributed by atoms with Crippen LogP contribution in [-0.2, 0) is 11.8 Å². The number of hydrogen-bond acceptors (Lipinski definition) is 3. The molecule has 0 saturated carbocycles. The highest BCUT2D eigenvalue weighted by atomic mass is 16.2. The van der Waals surface area contributed by atoms with Gasteiger partial charge in [0.2, 0.25) is 11.7 Å². The Morgan fingerprint density at radius 1 is 1.07 bits per heavy atom. The lowest BCUT2D eigenvalue weighted by molar-refractivity contribution is -0.117. The number of imidazole rings is 1. The predicted octanol–water partition coefficient (Wildman–Crippen LogP) is 4.17. The second kappa shape index (κ2) is 8.45. The van der Waals surface area contributed by atoms with Crippen LogP contribution in [0.25, 0.3) is 0 Å². The molecule has 0 fully saturated rings. The van der Waals surface area contributed by atoms with Crippen LogP contribution in [0.15, 0.2) is 67.0 Å². The lowest BCUT2D eigenvalue weighted by Gasteiger charge is -2.16. The molecule has 0 aliphatic rings. The molecule has 1 unspecified atom stereocenters. The van der Waals surface area contributed by atoms with E-state index in [4.69, 9.17) is 0 Å². The Morgan fingerprint density at radius 2 is 1.78 bits per heavy atom. The minimum absolute atomic E-state index is 0.0359. The van der Waals surface area contributed by atoms with Gasteiger partial charge in [-0.05, 0) is 36.2 Å². The number of amides is 1. The average molecular weight is 361 g/mol. The summed E-state index contributed by atoms with van der Waals surface area (Å²) in [5.74, 6) is 0.0173. The van der Waals surface area contributed by atoms with E-state index in [9.17, 15) is 9.59 Å². The van der Waals surface area contributed by atoms with E-state index in [1.54, 1.807) is 48.3 Å². The van der Waals surface area contributed by atoms with Crippen LogP contribution in [0.4, 0.5) is 5.69 Å². The highest BCUT2D eigenvalue weighted by Gasteiger charge is 2.20. The number of rotatable bonds is 7. The molecule has 138 valence electrons. The highest BCUT2D eigenvalue weighted by molar-refractivity contribution is 6.07. The summed E-state index contributed by atoms with van der Waals surface area (Å²) in [6, 6.07) is 16.7. The van der Waals surface area contributed by atoms with Gasteiger partial charge < -0.3 is 9.88 Å². The van der Waals surface area contributed by atoms with E-state index in [1.165, 1.54) is 0 Å². The lowest BCUT2D eigenvalue weighted by Crippen LogP contribution is -2.21. The molecule has 0 aliphatic heterocycles. The average Bonchev–Trinajstić information content (AvgIpc) is 3.12. The zero-order valence-corrected chi connectivity index (χ0v) is 15.6. The quantitative estimate of drug-likeness (QED) is 0.642. The summed E-state index contributed by atoms with van der Waals surface area (Å²) >= 11 is 0. The second-order valence-electron chi connectivity index (χ2n) is 6.51. The lowest BCUT2D eigenvalue weighted by atomic mass is 9.93. The Balaban J connectivity index is 1.72. The van der Waals surface area contributed by atoms with Crippen molar-refractivity contribution in [3.05, 3.63) is 83.9 Å². The maximum Gasteiger partial charge on any atom is 0.231 e. The molecule has 1 heterocycles. The molecule has 3 aromatic rings. The van der Waals surface area contributed by atoms with Crippen molar-refractivity contribution in [2.24, 2.45) is 7.05 Å². The Hall–Kier alpha value is -3.21. The van der Waals surface area contributed by atoms with Crippen molar-refractivity contribution in [3.8, 4) is 0 Å². The summed E-state index contributed by atoms with van der Waals surface area (Å²) in [7, 11) is 1.78. The molecule has 0 spiro atoms. The van der Waals surface area contributed by atoms with E-state index >= 15 is 0 Å². The molecule has 3 rings (SSSR count). The van der Waals surface area contributed by atoms with E-state index in [-0.39, 0.29) is 17.6 Å². The SMILES string of the molecule is CCCC(C(=O)Nc1ccc(C(=O)c2nccn2C)cc1)c1ccccc1. The molecule has 27 heavy (non-hydrogen) atoms. The van der Waals surface area contributed by atoms with Gasteiger partial charge in [-0.15, -0.1) is 0 Å². The summed E-state index contributed by atoms with van der Waals surface area (Å²) in [5.41, 5.74) is 2.22. The van der Waals surface area contributed by atoms with Gasteiger partial charge in [-0.3, -0.25) is 9.59 Å². The molecule has 0 radical (unpaired) electrons. The third kappa shape index (κ3) is 4.31. The number of carbonyl (C=O) groups excluding carboxylic acids is 2. The Morgan fingerprint density at radius 3 is 2.37 bits per heavy atom.